The summed E-state index contributed by atoms with van der Waals surface area (Å²) in [6.45, 7) is 0. The van der Waals surface area contributed by atoms with E-state index >= 15 is 0 Å². The molecule has 0 saturated heterocycles. The molecular weight excluding hydrogens is 306 g/mol. The van der Waals surface area contributed by atoms with Crippen molar-refractivity contribution >= 4 is 15.9 Å². The molecule has 1 unspecified atom stereocenters. The molecule has 0 amide bonds. The van der Waals surface area contributed by atoms with Crippen molar-refractivity contribution in [2.45, 2.75) is 25.3 Å². The van der Waals surface area contributed by atoms with Crippen LogP contribution in [0.3, 0.4) is 0 Å². The molecule has 19 heavy (non-hydrogen) atoms. The Morgan fingerprint density at radius 3 is 2.84 bits per heavy atom. The molecule has 5 nitrogen and oxygen atoms in total. The number of hydrogen-bond donors (Lipinski definition) is 2. The summed E-state index contributed by atoms with van der Waals surface area (Å²) < 4.78 is 2.46. The van der Waals surface area contributed by atoms with Crippen molar-refractivity contribution in [3.05, 3.63) is 45.2 Å². The van der Waals surface area contributed by atoms with Gasteiger partial charge in [-0.05, 0) is 51.9 Å². The molecule has 3 N–H and O–H groups in total. The van der Waals surface area contributed by atoms with E-state index in [9.17, 15) is 0 Å². The zero-order valence-corrected chi connectivity index (χ0v) is 12.3. The highest BCUT2D eigenvalue weighted by Crippen LogP contribution is 2.30. The Labute approximate surface area is 120 Å². The minimum absolute atomic E-state index is 0.111. The molecule has 1 aromatic heterocycles. The van der Waals surface area contributed by atoms with Crippen molar-refractivity contribution in [2.24, 2.45) is 12.9 Å². The molecule has 3 rings (SSSR count). The molecule has 0 bridgehead atoms. The SMILES string of the molecule is Cn1nnc(Br)c1C(NN)c1ccc2c(c1)CCC2. The summed E-state index contributed by atoms with van der Waals surface area (Å²) >= 11 is 3.43. The summed E-state index contributed by atoms with van der Waals surface area (Å²) in [7, 11) is 1.87. The summed E-state index contributed by atoms with van der Waals surface area (Å²) in [5.41, 5.74) is 7.84. The van der Waals surface area contributed by atoms with E-state index in [0.717, 1.165) is 22.3 Å². The van der Waals surface area contributed by atoms with E-state index in [4.69, 9.17) is 5.84 Å². The van der Waals surface area contributed by atoms with Gasteiger partial charge in [-0.2, -0.15) is 0 Å². The van der Waals surface area contributed by atoms with Crippen LogP contribution in [0, 0.1) is 0 Å². The minimum atomic E-state index is -0.111. The van der Waals surface area contributed by atoms with E-state index in [1.54, 1.807) is 4.68 Å². The Bertz CT molecular complexity index is 588. The second kappa shape index (κ2) is 5.03. The lowest BCUT2D eigenvalue weighted by molar-refractivity contribution is 0.569. The Morgan fingerprint density at radius 1 is 1.37 bits per heavy atom. The quantitative estimate of drug-likeness (QED) is 0.666. The summed E-state index contributed by atoms with van der Waals surface area (Å²) in [6, 6.07) is 6.47. The first kappa shape index (κ1) is 12.8. The molecule has 1 aliphatic rings. The number of hydrazine groups is 1. The molecule has 1 aliphatic carbocycles. The number of halogens is 1. The number of fused-ring (bicyclic) bond motifs is 1. The van der Waals surface area contributed by atoms with Gasteiger partial charge in [0.05, 0.1) is 11.7 Å². The monoisotopic (exact) mass is 321 g/mol. The fraction of sp³-hybridized carbons (Fsp3) is 0.385. The zero-order valence-electron chi connectivity index (χ0n) is 10.7. The molecule has 0 aliphatic heterocycles. The van der Waals surface area contributed by atoms with E-state index in [-0.39, 0.29) is 6.04 Å². The third kappa shape index (κ3) is 2.20. The first-order valence-corrected chi connectivity index (χ1v) is 7.13. The van der Waals surface area contributed by atoms with Gasteiger partial charge in [-0.3, -0.25) is 5.84 Å². The molecule has 2 aromatic rings. The van der Waals surface area contributed by atoms with Crippen molar-refractivity contribution in [3.8, 4) is 0 Å². The van der Waals surface area contributed by atoms with Crippen LogP contribution >= 0.6 is 15.9 Å². The van der Waals surface area contributed by atoms with Gasteiger partial charge in [0.15, 0.2) is 4.60 Å². The van der Waals surface area contributed by atoms with Crippen molar-refractivity contribution in [2.75, 3.05) is 0 Å². The Morgan fingerprint density at radius 2 is 2.16 bits per heavy atom. The normalized spacial score (nSPS) is 15.5. The van der Waals surface area contributed by atoms with Gasteiger partial charge >= 0.3 is 0 Å². The average molecular weight is 322 g/mol. The predicted octanol–water partition coefficient (Wildman–Crippen LogP) is 1.62. The maximum Gasteiger partial charge on any atom is 0.153 e. The lowest BCUT2D eigenvalue weighted by Gasteiger charge is -2.17. The number of nitrogens with one attached hydrogen (secondary N) is 1. The number of aryl methyl sites for hydroxylation is 3. The molecule has 0 spiro atoms. The van der Waals surface area contributed by atoms with E-state index in [2.05, 4.69) is 49.9 Å². The highest BCUT2D eigenvalue weighted by atomic mass is 79.9. The molecule has 100 valence electrons. The first-order chi connectivity index (χ1) is 9.20. The summed E-state index contributed by atoms with van der Waals surface area (Å²) in [6.07, 6.45) is 3.59. The number of aromatic nitrogens is 3. The minimum Gasteiger partial charge on any atom is -0.271 e. The lowest BCUT2D eigenvalue weighted by atomic mass is 9.99. The van der Waals surface area contributed by atoms with Gasteiger partial charge in [0, 0.05) is 7.05 Å². The molecule has 1 heterocycles. The molecular formula is C13H16BrN5. The Balaban J connectivity index is 2.03. The molecule has 1 aromatic carbocycles. The molecule has 0 fully saturated rings. The fourth-order valence-electron chi connectivity index (χ4n) is 2.75. The second-order valence-corrected chi connectivity index (χ2v) is 5.62. The van der Waals surface area contributed by atoms with Gasteiger partial charge < -0.3 is 0 Å². The van der Waals surface area contributed by atoms with E-state index in [1.807, 2.05) is 7.05 Å². The summed E-state index contributed by atoms with van der Waals surface area (Å²) in [5.74, 6) is 5.74. The van der Waals surface area contributed by atoms with Crippen LogP contribution in [0.5, 0.6) is 0 Å². The van der Waals surface area contributed by atoms with Gasteiger partial charge in [0.1, 0.15) is 0 Å². The number of benzene rings is 1. The topological polar surface area (TPSA) is 68.8 Å². The van der Waals surface area contributed by atoms with Crippen molar-refractivity contribution in [3.63, 3.8) is 0 Å². The van der Waals surface area contributed by atoms with Crippen LogP contribution in [0.25, 0.3) is 0 Å². The Kier molecular flexibility index (Phi) is 3.38. The van der Waals surface area contributed by atoms with Crippen LogP contribution in [0.2, 0.25) is 0 Å². The van der Waals surface area contributed by atoms with E-state index in [0.29, 0.717) is 0 Å². The number of hydrogen-bond acceptors (Lipinski definition) is 4. The summed E-state index contributed by atoms with van der Waals surface area (Å²) in [5, 5.41) is 8.02. The van der Waals surface area contributed by atoms with E-state index in [1.165, 1.54) is 24.0 Å². The van der Waals surface area contributed by atoms with Crippen LogP contribution in [0.4, 0.5) is 0 Å². The smallest absolute Gasteiger partial charge is 0.153 e. The van der Waals surface area contributed by atoms with Crippen LogP contribution in [0.1, 0.15) is 34.8 Å². The highest BCUT2D eigenvalue weighted by Gasteiger charge is 2.22. The molecule has 0 saturated carbocycles. The first-order valence-electron chi connectivity index (χ1n) is 6.33. The number of nitrogens with two attached hydrogens (primary N) is 1. The van der Waals surface area contributed by atoms with Crippen molar-refractivity contribution in [1.29, 1.82) is 0 Å². The Hall–Kier alpha value is -1.24. The van der Waals surface area contributed by atoms with Crippen molar-refractivity contribution in [1.82, 2.24) is 20.4 Å². The zero-order chi connectivity index (χ0) is 13.4. The third-order valence-electron chi connectivity index (χ3n) is 3.72. The van der Waals surface area contributed by atoms with Crippen molar-refractivity contribution < 1.29 is 0 Å². The largest absolute Gasteiger partial charge is 0.271 e. The van der Waals surface area contributed by atoms with Crippen LogP contribution < -0.4 is 11.3 Å². The lowest BCUT2D eigenvalue weighted by Crippen LogP contribution is -2.30. The van der Waals surface area contributed by atoms with Crippen LogP contribution in [-0.4, -0.2) is 15.0 Å². The van der Waals surface area contributed by atoms with Gasteiger partial charge in [0.2, 0.25) is 0 Å². The predicted molar refractivity (Wildman–Crippen MR) is 76.3 cm³/mol. The molecule has 1 atom stereocenters. The second-order valence-electron chi connectivity index (χ2n) is 4.87. The fourth-order valence-corrected chi connectivity index (χ4v) is 3.31. The van der Waals surface area contributed by atoms with Gasteiger partial charge in [-0.15, -0.1) is 5.10 Å². The number of nitrogens with zero attached hydrogens (tertiary/aromatic N) is 3. The maximum atomic E-state index is 5.74. The van der Waals surface area contributed by atoms with Crippen LogP contribution in [0.15, 0.2) is 22.8 Å². The summed E-state index contributed by atoms with van der Waals surface area (Å²) in [4.78, 5) is 0. The standard InChI is InChI=1S/C13H16BrN5/c1-19-12(13(14)17-18-19)11(16-15)10-6-5-8-3-2-4-9(8)7-10/h5-7,11,16H,2-4,15H2,1H3. The van der Waals surface area contributed by atoms with Crippen LogP contribution in [-0.2, 0) is 19.9 Å². The van der Waals surface area contributed by atoms with Gasteiger partial charge in [-0.1, -0.05) is 23.4 Å². The average Bonchev–Trinajstić information content (AvgIpc) is 3.00. The third-order valence-corrected chi connectivity index (χ3v) is 4.29. The molecule has 6 heteroatoms. The number of rotatable bonds is 3. The maximum absolute atomic E-state index is 5.74. The van der Waals surface area contributed by atoms with Gasteiger partial charge in [0.25, 0.3) is 0 Å². The van der Waals surface area contributed by atoms with E-state index < -0.39 is 0 Å². The highest BCUT2D eigenvalue weighted by molar-refractivity contribution is 9.10. The molecule has 0 radical (unpaired) electrons. The van der Waals surface area contributed by atoms with Gasteiger partial charge in [-0.25, -0.2) is 10.1 Å².